The topological polar surface area (TPSA) is 181 Å². The number of rotatable bonds is 12. The fourth-order valence-electron chi connectivity index (χ4n) is 6.21. The highest BCUT2D eigenvalue weighted by molar-refractivity contribution is 5.97. The first-order valence-electron chi connectivity index (χ1n) is 19.7. The van der Waals surface area contributed by atoms with Crippen molar-refractivity contribution in [2.75, 3.05) is 26.2 Å². The van der Waals surface area contributed by atoms with Crippen molar-refractivity contribution in [2.45, 2.75) is 118 Å². The van der Waals surface area contributed by atoms with Gasteiger partial charge < -0.3 is 24.0 Å². The van der Waals surface area contributed by atoms with E-state index >= 15 is 0 Å². The van der Waals surface area contributed by atoms with E-state index in [1.54, 1.807) is 47.4 Å². The van der Waals surface area contributed by atoms with Crippen molar-refractivity contribution in [2.24, 2.45) is 0 Å². The van der Waals surface area contributed by atoms with Gasteiger partial charge in [-0.15, -0.1) is 10.2 Å². The van der Waals surface area contributed by atoms with E-state index in [0.29, 0.717) is 55.3 Å². The lowest BCUT2D eigenvalue weighted by molar-refractivity contribution is -0.191. The number of benzene rings is 2. The highest BCUT2D eigenvalue weighted by Crippen LogP contribution is 2.29. The molecule has 2 atom stereocenters. The van der Waals surface area contributed by atoms with E-state index in [9.17, 15) is 14.4 Å². The molecule has 16 heteroatoms. The smallest absolute Gasteiger partial charge is 0.444 e. The zero-order valence-corrected chi connectivity index (χ0v) is 35.1. The Balaban J connectivity index is 0.00000240. The number of aromatic nitrogens is 6. The molecule has 1 aliphatic rings. The molecule has 0 aliphatic carbocycles. The number of nitrogens with zero attached hydrogens (tertiary/aromatic N) is 8. The predicted molar refractivity (Wildman–Crippen MR) is 214 cm³/mol. The third-order valence-corrected chi connectivity index (χ3v) is 9.18. The molecule has 0 saturated carbocycles. The summed E-state index contributed by atoms with van der Waals surface area (Å²) < 4.78 is 19.8. The number of carbonyl (C=O) groups is 3. The molecule has 2 aromatic heterocycles. The summed E-state index contributed by atoms with van der Waals surface area (Å²) in [4.78, 5) is 58.5. The molecule has 2 amide bonds. The average molecular weight is 801 g/mol. The number of unbranched alkanes of at least 4 members (excludes halogenated alkanes) is 2. The lowest BCUT2D eigenvalue weighted by Crippen LogP contribution is -2.51. The Bertz CT molecular complexity index is 2010. The third kappa shape index (κ3) is 13.4. The summed E-state index contributed by atoms with van der Waals surface area (Å²) in [5.74, 6) is 0.252. The maximum absolute atomic E-state index is 14.1. The zero-order chi connectivity index (χ0) is 42.6. The molecular weight excluding hydrogens is 745 g/mol. The molecule has 1 fully saturated rings. The molecule has 16 nitrogen and oxygen atoms in total. The summed E-state index contributed by atoms with van der Waals surface area (Å²) in [6, 6.07) is 13.1. The monoisotopic (exact) mass is 800 g/mol. The fourth-order valence-corrected chi connectivity index (χ4v) is 6.21. The van der Waals surface area contributed by atoms with E-state index < -0.39 is 17.4 Å². The minimum Gasteiger partial charge on any atom is -0.444 e. The van der Waals surface area contributed by atoms with Crippen molar-refractivity contribution < 1.29 is 38.2 Å². The van der Waals surface area contributed by atoms with Gasteiger partial charge in [0.05, 0.1) is 24.5 Å². The molecule has 0 bridgehead atoms. The molecule has 1 saturated heterocycles. The molecule has 58 heavy (non-hydrogen) atoms. The maximum atomic E-state index is 14.1. The number of amides is 2. The molecule has 5 rings (SSSR count). The van der Waals surface area contributed by atoms with Crippen LogP contribution < -0.4 is 4.74 Å². The Morgan fingerprint density at radius 3 is 1.78 bits per heavy atom. The number of ether oxygens (including phenoxy) is 3. The molecule has 3 heterocycles. The predicted octanol–water partition coefficient (Wildman–Crippen LogP) is 7.57. The van der Waals surface area contributed by atoms with E-state index in [2.05, 4.69) is 34.5 Å². The minimum atomic E-state index is -0.750. The first kappa shape index (κ1) is 44.8. The second-order valence-corrected chi connectivity index (χ2v) is 16.4. The number of hydrogen-bond donors (Lipinski definition) is 0. The highest BCUT2D eigenvalue weighted by atomic mass is 16.7. The van der Waals surface area contributed by atoms with Crippen molar-refractivity contribution in [3.8, 4) is 28.3 Å². The van der Waals surface area contributed by atoms with Gasteiger partial charge in [0.2, 0.25) is 0 Å². The SMILES string of the molecule is CCCCC[C@@H](C)n1cc(-c2cc(C(=O)N3CCN(C(=O)OC(C)(C)C)CC3)cc(-c3cn([C@H](C)Cc4ccc(OC(=O)OC(C)(C)C)cc4)nn3)c2)nn1.O=C=O. The lowest BCUT2D eigenvalue weighted by atomic mass is 10.0. The Kier molecular flexibility index (Phi) is 15.5. The van der Waals surface area contributed by atoms with Gasteiger partial charge in [-0.3, -0.25) is 4.79 Å². The molecule has 1 aliphatic heterocycles. The molecule has 4 aromatic rings. The van der Waals surface area contributed by atoms with Gasteiger partial charge in [-0.2, -0.15) is 9.59 Å². The van der Waals surface area contributed by atoms with Gasteiger partial charge in [0.1, 0.15) is 28.3 Å². The Morgan fingerprint density at radius 2 is 1.26 bits per heavy atom. The van der Waals surface area contributed by atoms with E-state index in [4.69, 9.17) is 23.8 Å². The van der Waals surface area contributed by atoms with Gasteiger partial charge >= 0.3 is 18.4 Å². The van der Waals surface area contributed by atoms with Crippen molar-refractivity contribution in [1.82, 2.24) is 39.8 Å². The molecule has 312 valence electrons. The van der Waals surface area contributed by atoms with E-state index in [1.807, 2.05) is 75.1 Å². The largest absolute Gasteiger partial charge is 0.514 e. The van der Waals surface area contributed by atoms with Gasteiger partial charge in [-0.25, -0.2) is 19.0 Å². The molecular formula is C42H56N8O8. The lowest BCUT2D eigenvalue weighted by Gasteiger charge is -2.35. The summed E-state index contributed by atoms with van der Waals surface area (Å²) >= 11 is 0. The molecule has 2 aromatic carbocycles. The standard InChI is InChI=1S/C41H56N8O6.CO2/c1-10-11-12-13-28(2)48-26-35(42-44-48)31-23-32(25-33(24-31)37(50)46-18-20-47(21-19-46)38(51)54-40(4,5)6)36-27-49(45-43-36)29(3)22-30-14-16-34(17-15-30)53-39(52)55-41(7,8)9;2-1-3/h14-17,23-29H,10-13,18-22H2,1-9H3;/t28-,29-;/m1./s1. The first-order chi connectivity index (χ1) is 27.4. The second-order valence-electron chi connectivity index (χ2n) is 16.4. The van der Waals surface area contributed by atoms with Crippen molar-refractivity contribution in [3.05, 3.63) is 66.0 Å². The minimum absolute atomic E-state index is 0.0569. The van der Waals surface area contributed by atoms with Crippen LogP contribution in [0, 0.1) is 0 Å². The van der Waals surface area contributed by atoms with Crippen LogP contribution in [-0.2, 0) is 25.5 Å². The normalized spacial score (nSPS) is 14.1. The quantitative estimate of drug-likeness (QED) is 0.0780. The summed E-state index contributed by atoms with van der Waals surface area (Å²) in [6.07, 6.45) is 8.02. The van der Waals surface area contributed by atoms with Crippen LogP contribution in [0.4, 0.5) is 9.59 Å². The Hall–Kier alpha value is -5.89. The Morgan fingerprint density at radius 1 is 0.741 bits per heavy atom. The van der Waals surface area contributed by atoms with Gasteiger partial charge in [-0.05, 0) is 104 Å². The van der Waals surface area contributed by atoms with Crippen LogP contribution in [0.3, 0.4) is 0 Å². The second kappa shape index (κ2) is 20.0. The van der Waals surface area contributed by atoms with Crippen molar-refractivity contribution >= 4 is 24.3 Å². The number of carbonyl (C=O) groups excluding carboxylic acids is 5. The van der Waals surface area contributed by atoms with Crippen molar-refractivity contribution in [1.29, 1.82) is 0 Å². The van der Waals surface area contributed by atoms with Crippen LogP contribution >= 0.6 is 0 Å². The first-order valence-corrected chi connectivity index (χ1v) is 19.7. The van der Waals surface area contributed by atoms with Crippen LogP contribution in [0.5, 0.6) is 5.75 Å². The van der Waals surface area contributed by atoms with Crippen LogP contribution in [0.25, 0.3) is 22.5 Å². The maximum Gasteiger partial charge on any atom is 0.514 e. The van der Waals surface area contributed by atoms with Gasteiger partial charge in [0, 0.05) is 42.9 Å². The van der Waals surface area contributed by atoms with Crippen LogP contribution in [0.1, 0.15) is 116 Å². The van der Waals surface area contributed by atoms with E-state index in [-0.39, 0.29) is 30.2 Å². The summed E-state index contributed by atoms with van der Waals surface area (Å²) in [5.41, 5.74) is 3.01. The molecule has 0 N–H and O–H groups in total. The third-order valence-electron chi connectivity index (χ3n) is 9.18. The highest BCUT2D eigenvalue weighted by Gasteiger charge is 2.29. The number of piperazine rings is 1. The summed E-state index contributed by atoms with van der Waals surface area (Å²) in [7, 11) is 0. The van der Waals surface area contributed by atoms with Gasteiger partial charge in [0.15, 0.2) is 0 Å². The molecule has 0 unspecified atom stereocenters. The van der Waals surface area contributed by atoms with Crippen LogP contribution in [0.2, 0.25) is 0 Å². The fraction of sp³-hybridized carbons (Fsp3) is 0.524. The van der Waals surface area contributed by atoms with Crippen LogP contribution in [0.15, 0.2) is 54.9 Å². The van der Waals surface area contributed by atoms with Crippen LogP contribution in [-0.4, -0.2) is 101 Å². The van der Waals surface area contributed by atoms with Crippen molar-refractivity contribution in [3.63, 3.8) is 0 Å². The van der Waals surface area contributed by atoms with Gasteiger partial charge in [0.25, 0.3) is 5.91 Å². The Labute approximate surface area is 339 Å². The average Bonchev–Trinajstić information content (AvgIpc) is 3.86. The molecule has 0 radical (unpaired) electrons. The molecule has 0 spiro atoms. The number of hydrogen-bond acceptors (Lipinski definition) is 12. The van der Waals surface area contributed by atoms with Gasteiger partial charge in [-0.1, -0.05) is 48.7 Å². The van der Waals surface area contributed by atoms with E-state index in [1.165, 1.54) is 6.42 Å². The zero-order valence-electron chi connectivity index (χ0n) is 35.1. The summed E-state index contributed by atoms with van der Waals surface area (Å²) in [6.45, 7) is 18.8. The summed E-state index contributed by atoms with van der Waals surface area (Å²) in [5, 5.41) is 17.9. The van der Waals surface area contributed by atoms with E-state index in [0.717, 1.165) is 36.0 Å².